The lowest BCUT2D eigenvalue weighted by atomic mass is 10.0. The van der Waals surface area contributed by atoms with Gasteiger partial charge in [-0.05, 0) is 64.2 Å². The number of alkyl carbamates (subject to hydrolysis) is 1. The fourth-order valence-electron chi connectivity index (χ4n) is 6.17. The first kappa shape index (κ1) is 46.7. The summed E-state index contributed by atoms with van der Waals surface area (Å²) < 4.78 is 16.4. The molecule has 0 saturated heterocycles. The summed E-state index contributed by atoms with van der Waals surface area (Å²) in [5.74, 6) is 0. The molecule has 5 nitrogen and oxygen atoms in total. The number of carbonyl (C=O) groups is 1. The summed E-state index contributed by atoms with van der Waals surface area (Å²) in [6.07, 6.45) is 47.5. The average Bonchev–Trinajstić information content (AvgIpc) is 3.09. The molecule has 0 fully saturated rings. The van der Waals surface area contributed by atoms with Gasteiger partial charge in [0, 0.05) is 20.3 Å². The molecule has 1 N–H and O–H groups in total. The first-order valence-corrected chi connectivity index (χ1v) is 21.1. The minimum atomic E-state index is -0.268. The molecular weight excluding hydrogens is 594 g/mol. The van der Waals surface area contributed by atoms with Crippen molar-refractivity contribution in [1.29, 1.82) is 0 Å². The number of hydrogen-bond acceptors (Lipinski definition) is 4. The van der Waals surface area contributed by atoms with E-state index >= 15 is 0 Å². The topological polar surface area (TPSA) is 56.8 Å². The van der Waals surface area contributed by atoms with E-state index in [0.29, 0.717) is 26.4 Å². The maximum atomic E-state index is 12.5. The number of carbonyl (C=O) groups excluding carboxylic acids is 1. The third-order valence-corrected chi connectivity index (χ3v) is 9.30. The number of allylic oxidation sites excluding steroid dienone is 4. The van der Waals surface area contributed by atoms with Crippen molar-refractivity contribution < 1.29 is 19.0 Å². The Morgan fingerprint density at radius 3 is 1.46 bits per heavy atom. The van der Waals surface area contributed by atoms with Crippen LogP contribution in [0.2, 0.25) is 0 Å². The molecule has 5 heteroatoms. The molecule has 0 aliphatic heterocycles. The molecule has 0 aromatic carbocycles. The Morgan fingerprint density at radius 1 is 0.521 bits per heavy atom. The number of ether oxygens (including phenoxy) is 3. The highest BCUT2D eigenvalue weighted by molar-refractivity contribution is 5.67. The molecular formula is C43H83NO4. The summed E-state index contributed by atoms with van der Waals surface area (Å²) in [6.45, 7) is 6.95. The molecule has 1 unspecified atom stereocenters. The Labute approximate surface area is 300 Å². The van der Waals surface area contributed by atoms with Gasteiger partial charge in [-0.15, -0.1) is 0 Å². The van der Waals surface area contributed by atoms with E-state index in [-0.39, 0.29) is 12.2 Å². The fraction of sp³-hybridized carbons (Fsp3) is 0.884. The summed E-state index contributed by atoms with van der Waals surface area (Å²) in [5.41, 5.74) is 0. The molecule has 0 bridgehead atoms. The van der Waals surface area contributed by atoms with Gasteiger partial charge >= 0.3 is 6.09 Å². The van der Waals surface area contributed by atoms with E-state index in [0.717, 1.165) is 38.5 Å². The lowest BCUT2D eigenvalue weighted by molar-refractivity contribution is 0.0670. The smallest absolute Gasteiger partial charge is 0.407 e. The van der Waals surface area contributed by atoms with Crippen molar-refractivity contribution in [3.05, 3.63) is 24.3 Å². The van der Waals surface area contributed by atoms with Crippen molar-refractivity contribution in [3.8, 4) is 0 Å². The summed E-state index contributed by atoms with van der Waals surface area (Å²) in [5, 5.41) is 2.93. The van der Waals surface area contributed by atoms with Gasteiger partial charge in [0.2, 0.25) is 0 Å². The minimum absolute atomic E-state index is 0.0348. The number of hydrogen-bond donors (Lipinski definition) is 1. The summed E-state index contributed by atoms with van der Waals surface area (Å²) in [6, 6.07) is 0. The SMILES string of the molecule is CCCCC/C=C\C/C=C\CCCCCCCC(CCCCCCCCCCCCCCCCCC)OC(=O)NCCCOCCOC. The van der Waals surface area contributed by atoms with Crippen molar-refractivity contribution in [2.75, 3.05) is 33.5 Å². The third-order valence-electron chi connectivity index (χ3n) is 9.30. The van der Waals surface area contributed by atoms with Crippen molar-refractivity contribution >= 4 is 6.09 Å². The first-order valence-electron chi connectivity index (χ1n) is 21.1. The lowest BCUT2D eigenvalue weighted by Gasteiger charge is -2.18. The first-order chi connectivity index (χ1) is 23.7. The normalized spacial score (nSPS) is 12.4. The van der Waals surface area contributed by atoms with Crippen LogP contribution in [0, 0.1) is 0 Å². The van der Waals surface area contributed by atoms with Crippen LogP contribution in [0.4, 0.5) is 4.79 Å². The van der Waals surface area contributed by atoms with E-state index < -0.39 is 0 Å². The maximum Gasteiger partial charge on any atom is 0.407 e. The summed E-state index contributed by atoms with van der Waals surface area (Å²) in [7, 11) is 1.67. The quantitative estimate of drug-likeness (QED) is 0.0520. The molecule has 0 radical (unpaired) electrons. The number of unbranched alkanes of at least 4 members (excludes halogenated alkanes) is 23. The standard InChI is InChI=1S/C43H83NO4/c1-4-6-8-10-12-14-16-18-20-22-24-26-28-30-32-34-37-42(48-43(45)44-38-35-39-47-41-40-46-3)36-33-31-29-27-25-23-21-19-17-15-13-11-9-7-5-2/h13,15,19,21,42H,4-12,14,16-18,20,22-41H2,1-3H3,(H,44,45)/b15-13-,21-19-. The second-order valence-electron chi connectivity index (χ2n) is 14.0. The minimum Gasteiger partial charge on any atom is -0.446 e. The molecule has 48 heavy (non-hydrogen) atoms. The lowest BCUT2D eigenvalue weighted by Crippen LogP contribution is -2.30. The van der Waals surface area contributed by atoms with Crippen LogP contribution in [0.15, 0.2) is 24.3 Å². The highest BCUT2D eigenvalue weighted by Gasteiger charge is 2.14. The van der Waals surface area contributed by atoms with Crippen LogP contribution in [0.5, 0.6) is 0 Å². The number of amides is 1. The molecule has 0 aliphatic rings. The van der Waals surface area contributed by atoms with E-state index in [1.165, 1.54) is 154 Å². The predicted molar refractivity (Wildman–Crippen MR) is 209 cm³/mol. The highest BCUT2D eigenvalue weighted by Crippen LogP contribution is 2.18. The zero-order chi connectivity index (χ0) is 34.9. The molecule has 1 amide bonds. The Balaban J connectivity index is 4.05. The van der Waals surface area contributed by atoms with Gasteiger partial charge in [-0.2, -0.15) is 0 Å². The van der Waals surface area contributed by atoms with E-state index in [9.17, 15) is 4.79 Å². The predicted octanol–water partition coefficient (Wildman–Crippen LogP) is 13.6. The Hall–Kier alpha value is -1.33. The zero-order valence-electron chi connectivity index (χ0n) is 32.6. The van der Waals surface area contributed by atoms with Crippen molar-refractivity contribution in [1.82, 2.24) is 5.32 Å². The van der Waals surface area contributed by atoms with Gasteiger partial charge in [0.15, 0.2) is 0 Å². The third kappa shape index (κ3) is 39.1. The molecule has 0 spiro atoms. The van der Waals surface area contributed by atoms with Gasteiger partial charge in [-0.3, -0.25) is 0 Å². The Kier molecular flexibility index (Phi) is 40.7. The van der Waals surface area contributed by atoms with Gasteiger partial charge in [0.25, 0.3) is 0 Å². The van der Waals surface area contributed by atoms with Crippen molar-refractivity contribution in [2.45, 2.75) is 213 Å². The molecule has 0 aliphatic carbocycles. The van der Waals surface area contributed by atoms with E-state index in [1.54, 1.807) is 7.11 Å². The maximum absolute atomic E-state index is 12.5. The van der Waals surface area contributed by atoms with Gasteiger partial charge in [0.1, 0.15) is 6.10 Å². The Morgan fingerprint density at radius 2 is 0.958 bits per heavy atom. The molecule has 0 saturated carbocycles. The number of rotatable bonds is 39. The monoisotopic (exact) mass is 678 g/mol. The van der Waals surface area contributed by atoms with Crippen LogP contribution in [0.3, 0.4) is 0 Å². The van der Waals surface area contributed by atoms with Crippen LogP contribution >= 0.6 is 0 Å². The summed E-state index contributed by atoms with van der Waals surface area (Å²) >= 11 is 0. The van der Waals surface area contributed by atoms with Crippen LogP contribution in [0.25, 0.3) is 0 Å². The number of nitrogens with one attached hydrogen (secondary N) is 1. The molecule has 0 aromatic heterocycles. The second kappa shape index (κ2) is 41.8. The molecule has 284 valence electrons. The molecule has 1 atom stereocenters. The fourth-order valence-corrected chi connectivity index (χ4v) is 6.17. The van der Waals surface area contributed by atoms with Gasteiger partial charge < -0.3 is 19.5 Å². The largest absolute Gasteiger partial charge is 0.446 e. The average molecular weight is 678 g/mol. The van der Waals surface area contributed by atoms with Crippen LogP contribution in [-0.4, -0.2) is 45.7 Å². The van der Waals surface area contributed by atoms with Crippen LogP contribution < -0.4 is 5.32 Å². The molecule has 0 rings (SSSR count). The summed E-state index contributed by atoms with van der Waals surface area (Å²) in [4.78, 5) is 12.5. The van der Waals surface area contributed by atoms with Crippen LogP contribution in [-0.2, 0) is 14.2 Å². The van der Waals surface area contributed by atoms with Crippen molar-refractivity contribution in [2.24, 2.45) is 0 Å². The van der Waals surface area contributed by atoms with Gasteiger partial charge in [-0.1, -0.05) is 167 Å². The van der Waals surface area contributed by atoms with E-state index in [1.807, 2.05) is 0 Å². The zero-order valence-corrected chi connectivity index (χ0v) is 32.6. The second-order valence-corrected chi connectivity index (χ2v) is 14.0. The van der Waals surface area contributed by atoms with E-state index in [2.05, 4.69) is 43.5 Å². The number of methoxy groups -OCH3 is 1. The van der Waals surface area contributed by atoms with E-state index in [4.69, 9.17) is 14.2 Å². The molecule has 0 heterocycles. The highest BCUT2D eigenvalue weighted by atomic mass is 16.6. The van der Waals surface area contributed by atoms with Gasteiger partial charge in [-0.25, -0.2) is 4.79 Å². The Bertz CT molecular complexity index is 680. The molecule has 0 aromatic rings. The van der Waals surface area contributed by atoms with Crippen molar-refractivity contribution in [3.63, 3.8) is 0 Å². The van der Waals surface area contributed by atoms with Gasteiger partial charge in [0.05, 0.1) is 13.2 Å². The van der Waals surface area contributed by atoms with Crippen LogP contribution in [0.1, 0.15) is 206 Å².